The Morgan fingerprint density at radius 3 is 3.06 bits per heavy atom. The summed E-state index contributed by atoms with van der Waals surface area (Å²) in [6.45, 7) is 0.900. The van der Waals surface area contributed by atoms with Crippen molar-refractivity contribution in [2.75, 3.05) is 20.7 Å². The third-order valence-corrected chi connectivity index (χ3v) is 2.55. The van der Waals surface area contributed by atoms with Crippen molar-refractivity contribution in [1.29, 1.82) is 0 Å². The fraction of sp³-hybridized carbons (Fsp3) is 0.333. The highest BCUT2D eigenvalue weighted by Crippen LogP contribution is 2.16. The molecule has 5 heteroatoms. The van der Waals surface area contributed by atoms with Gasteiger partial charge in [0, 0.05) is 19.0 Å². The first-order chi connectivity index (χ1) is 8.35. The Morgan fingerprint density at radius 2 is 2.29 bits per heavy atom. The van der Waals surface area contributed by atoms with Gasteiger partial charge in [-0.3, -0.25) is 0 Å². The second-order valence-electron chi connectivity index (χ2n) is 3.69. The maximum Gasteiger partial charge on any atom is 0.121 e. The summed E-state index contributed by atoms with van der Waals surface area (Å²) < 4.78 is 7.03. The molecule has 0 aliphatic heterocycles. The van der Waals surface area contributed by atoms with Crippen LogP contribution in [0.2, 0.25) is 0 Å². The molecule has 0 aliphatic carbocycles. The van der Waals surface area contributed by atoms with Crippen LogP contribution in [0.15, 0.2) is 30.5 Å². The van der Waals surface area contributed by atoms with E-state index in [1.807, 2.05) is 36.0 Å². The minimum atomic E-state index is 0.817. The molecule has 1 aromatic heterocycles. The standard InChI is InChI=1S/C12H16N4O/c1-13-7-6-11-9-14-15-16(11)10-4-3-5-12(8-10)17-2/h3-5,8-9,13H,6-7H2,1-2H3. The van der Waals surface area contributed by atoms with Crippen molar-refractivity contribution in [2.24, 2.45) is 0 Å². The van der Waals surface area contributed by atoms with E-state index in [2.05, 4.69) is 15.6 Å². The van der Waals surface area contributed by atoms with Crippen molar-refractivity contribution in [3.05, 3.63) is 36.2 Å². The lowest BCUT2D eigenvalue weighted by Gasteiger charge is -2.07. The predicted molar refractivity (Wildman–Crippen MR) is 65.5 cm³/mol. The van der Waals surface area contributed by atoms with E-state index >= 15 is 0 Å². The molecule has 0 unspecified atom stereocenters. The third-order valence-electron chi connectivity index (χ3n) is 2.55. The van der Waals surface area contributed by atoms with E-state index in [0.29, 0.717) is 0 Å². The number of methoxy groups -OCH3 is 1. The van der Waals surface area contributed by atoms with Crippen LogP contribution in [0.5, 0.6) is 5.75 Å². The number of hydrogen-bond donors (Lipinski definition) is 1. The van der Waals surface area contributed by atoms with Gasteiger partial charge >= 0.3 is 0 Å². The molecular weight excluding hydrogens is 216 g/mol. The highest BCUT2D eigenvalue weighted by Gasteiger charge is 2.06. The molecule has 0 fully saturated rings. The van der Waals surface area contributed by atoms with Gasteiger partial charge in [0.1, 0.15) is 5.75 Å². The lowest BCUT2D eigenvalue weighted by Crippen LogP contribution is -2.13. The molecule has 1 aromatic carbocycles. The minimum absolute atomic E-state index is 0.817. The summed E-state index contributed by atoms with van der Waals surface area (Å²) in [7, 11) is 3.59. The fourth-order valence-electron chi connectivity index (χ4n) is 1.64. The number of hydrogen-bond acceptors (Lipinski definition) is 4. The van der Waals surface area contributed by atoms with E-state index in [1.165, 1.54) is 0 Å². The van der Waals surface area contributed by atoms with Gasteiger partial charge in [-0.15, -0.1) is 5.10 Å². The average molecular weight is 232 g/mol. The predicted octanol–water partition coefficient (Wildman–Crippen LogP) is 1.04. The first kappa shape index (κ1) is 11.6. The molecule has 0 saturated carbocycles. The van der Waals surface area contributed by atoms with Crippen LogP contribution in [0, 0.1) is 0 Å². The maximum absolute atomic E-state index is 5.20. The number of rotatable bonds is 5. The molecule has 0 amide bonds. The summed E-state index contributed by atoms with van der Waals surface area (Å²) in [5.74, 6) is 0.817. The number of aromatic nitrogens is 3. The van der Waals surface area contributed by atoms with Crippen LogP contribution < -0.4 is 10.1 Å². The molecular formula is C12H16N4O. The number of benzene rings is 1. The first-order valence-electron chi connectivity index (χ1n) is 5.53. The third kappa shape index (κ3) is 2.62. The van der Waals surface area contributed by atoms with Gasteiger partial charge in [-0.05, 0) is 19.2 Å². The Bertz CT molecular complexity index is 481. The van der Waals surface area contributed by atoms with Crippen LogP contribution in [0.1, 0.15) is 5.69 Å². The van der Waals surface area contributed by atoms with Crippen LogP contribution in [-0.4, -0.2) is 35.7 Å². The molecule has 0 radical (unpaired) electrons. The van der Waals surface area contributed by atoms with Crippen molar-refractivity contribution >= 4 is 0 Å². The SMILES string of the molecule is CNCCc1cnnn1-c1cccc(OC)c1. The number of nitrogens with zero attached hydrogens (tertiary/aromatic N) is 3. The lowest BCUT2D eigenvalue weighted by atomic mass is 10.2. The minimum Gasteiger partial charge on any atom is -0.497 e. The summed E-state index contributed by atoms with van der Waals surface area (Å²) in [5.41, 5.74) is 2.04. The van der Waals surface area contributed by atoms with Gasteiger partial charge in [-0.25, -0.2) is 4.68 Å². The van der Waals surface area contributed by atoms with Crippen molar-refractivity contribution in [2.45, 2.75) is 6.42 Å². The molecule has 0 aliphatic rings. The number of nitrogens with one attached hydrogen (secondary N) is 1. The zero-order valence-electron chi connectivity index (χ0n) is 10.1. The molecule has 1 heterocycles. The van der Waals surface area contributed by atoms with E-state index < -0.39 is 0 Å². The van der Waals surface area contributed by atoms with Gasteiger partial charge in [0.2, 0.25) is 0 Å². The van der Waals surface area contributed by atoms with E-state index in [4.69, 9.17) is 4.74 Å². The summed E-state index contributed by atoms with van der Waals surface area (Å²) >= 11 is 0. The number of likely N-dealkylation sites (N-methyl/N-ethyl adjacent to an activating group) is 1. The molecule has 2 aromatic rings. The topological polar surface area (TPSA) is 52.0 Å². The molecule has 17 heavy (non-hydrogen) atoms. The van der Waals surface area contributed by atoms with Crippen LogP contribution in [0.25, 0.3) is 5.69 Å². The summed E-state index contributed by atoms with van der Waals surface area (Å²) in [6, 6.07) is 7.78. The molecule has 0 spiro atoms. The molecule has 0 atom stereocenters. The Labute approximate surface area is 100 Å². The van der Waals surface area contributed by atoms with E-state index in [9.17, 15) is 0 Å². The Morgan fingerprint density at radius 1 is 1.41 bits per heavy atom. The Kier molecular flexibility index (Phi) is 3.72. The van der Waals surface area contributed by atoms with Crippen LogP contribution >= 0.6 is 0 Å². The quantitative estimate of drug-likeness (QED) is 0.836. The molecule has 1 N–H and O–H groups in total. The summed E-state index contributed by atoms with van der Waals surface area (Å²) in [5, 5.41) is 11.2. The zero-order valence-corrected chi connectivity index (χ0v) is 10.1. The highest BCUT2D eigenvalue weighted by atomic mass is 16.5. The van der Waals surface area contributed by atoms with Crippen LogP contribution in [0.3, 0.4) is 0 Å². The largest absolute Gasteiger partial charge is 0.497 e. The van der Waals surface area contributed by atoms with Gasteiger partial charge in [-0.2, -0.15) is 0 Å². The van der Waals surface area contributed by atoms with Crippen LogP contribution in [-0.2, 0) is 6.42 Å². The van der Waals surface area contributed by atoms with E-state index in [1.54, 1.807) is 13.3 Å². The second kappa shape index (κ2) is 5.45. The van der Waals surface area contributed by atoms with Gasteiger partial charge in [0.05, 0.1) is 24.7 Å². The van der Waals surface area contributed by atoms with Gasteiger partial charge in [-0.1, -0.05) is 11.3 Å². The van der Waals surface area contributed by atoms with Gasteiger partial charge < -0.3 is 10.1 Å². The van der Waals surface area contributed by atoms with Gasteiger partial charge in [0.15, 0.2) is 0 Å². The summed E-state index contributed by atoms with van der Waals surface area (Å²) in [4.78, 5) is 0. The molecule has 2 rings (SSSR count). The zero-order chi connectivity index (χ0) is 12.1. The van der Waals surface area contributed by atoms with Crippen molar-refractivity contribution in [3.63, 3.8) is 0 Å². The molecule has 90 valence electrons. The molecule has 5 nitrogen and oxygen atoms in total. The smallest absolute Gasteiger partial charge is 0.121 e. The van der Waals surface area contributed by atoms with Crippen molar-refractivity contribution < 1.29 is 4.74 Å². The first-order valence-corrected chi connectivity index (χ1v) is 5.53. The van der Waals surface area contributed by atoms with Gasteiger partial charge in [0.25, 0.3) is 0 Å². The van der Waals surface area contributed by atoms with Crippen molar-refractivity contribution in [1.82, 2.24) is 20.3 Å². The van der Waals surface area contributed by atoms with Crippen molar-refractivity contribution in [3.8, 4) is 11.4 Å². The molecule has 0 bridgehead atoms. The lowest BCUT2D eigenvalue weighted by molar-refractivity contribution is 0.414. The summed E-state index contributed by atoms with van der Waals surface area (Å²) in [6.07, 6.45) is 2.68. The average Bonchev–Trinajstić information content (AvgIpc) is 2.84. The van der Waals surface area contributed by atoms with E-state index in [0.717, 1.165) is 30.1 Å². The van der Waals surface area contributed by atoms with E-state index in [-0.39, 0.29) is 0 Å². The number of ether oxygens (including phenoxy) is 1. The Hall–Kier alpha value is -1.88. The fourth-order valence-corrected chi connectivity index (χ4v) is 1.64. The highest BCUT2D eigenvalue weighted by molar-refractivity contribution is 5.39. The Balaban J connectivity index is 2.28. The monoisotopic (exact) mass is 232 g/mol. The normalized spacial score (nSPS) is 10.5. The molecule has 0 saturated heterocycles. The second-order valence-corrected chi connectivity index (χ2v) is 3.69. The van der Waals surface area contributed by atoms with Crippen LogP contribution in [0.4, 0.5) is 0 Å². The maximum atomic E-state index is 5.20.